The molecule has 0 aromatic heterocycles. The highest BCUT2D eigenvalue weighted by molar-refractivity contribution is 7.47. The van der Waals surface area contributed by atoms with Crippen molar-refractivity contribution in [1.82, 2.24) is 5.06 Å². The van der Waals surface area contributed by atoms with Crippen molar-refractivity contribution >= 4 is 8.45 Å². The number of nitrogens with two attached hydrogens (primary N) is 2. The standard InChI is InChI=1S/C4H12N3OP/c5-9(6)8-7-3-1-2-4-7/h1-6H2. The topological polar surface area (TPSA) is 64.5 Å². The Hall–Kier alpha value is 0.270. The Labute approximate surface area is 56.0 Å². The molecule has 5 heteroatoms. The van der Waals surface area contributed by atoms with E-state index in [1.807, 2.05) is 5.06 Å². The van der Waals surface area contributed by atoms with Gasteiger partial charge in [0.25, 0.3) is 0 Å². The summed E-state index contributed by atoms with van der Waals surface area (Å²) in [7, 11) is -1.19. The molecule has 1 heterocycles. The zero-order chi connectivity index (χ0) is 6.69. The molecule has 0 bridgehead atoms. The first kappa shape index (κ1) is 7.38. The van der Waals surface area contributed by atoms with Crippen LogP contribution in [0.4, 0.5) is 0 Å². The highest BCUT2D eigenvalue weighted by atomic mass is 31.2. The summed E-state index contributed by atoms with van der Waals surface area (Å²) in [4.78, 5) is 0. The molecule has 0 amide bonds. The highest BCUT2D eigenvalue weighted by Crippen LogP contribution is 2.20. The van der Waals surface area contributed by atoms with E-state index in [-0.39, 0.29) is 0 Å². The fourth-order valence-corrected chi connectivity index (χ4v) is 1.33. The highest BCUT2D eigenvalue weighted by Gasteiger charge is 2.13. The van der Waals surface area contributed by atoms with E-state index in [0.717, 1.165) is 13.1 Å². The average Bonchev–Trinajstić information content (AvgIpc) is 2.15. The Morgan fingerprint density at radius 2 is 1.78 bits per heavy atom. The lowest BCUT2D eigenvalue weighted by molar-refractivity contribution is -0.0224. The SMILES string of the molecule is NP(N)ON1CCCC1. The minimum atomic E-state index is -1.19. The van der Waals surface area contributed by atoms with Crippen LogP contribution in [0.5, 0.6) is 0 Å². The van der Waals surface area contributed by atoms with Gasteiger partial charge in [0, 0.05) is 13.1 Å². The summed E-state index contributed by atoms with van der Waals surface area (Å²) >= 11 is 0. The number of hydrogen-bond acceptors (Lipinski definition) is 4. The van der Waals surface area contributed by atoms with Gasteiger partial charge in [0.05, 0.1) is 0 Å². The van der Waals surface area contributed by atoms with E-state index in [4.69, 9.17) is 15.6 Å². The number of rotatable bonds is 2. The van der Waals surface area contributed by atoms with Gasteiger partial charge in [-0.1, -0.05) is 0 Å². The quantitative estimate of drug-likeness (QED) is 0.549. The Bertz CT molecular complexity index is 83.9. The third-order valence-electron chi connectivity index (χ3n) is 1.27. The molecule has 0 aromatic carbocycles. The van der Waals surface area contributed by atoms with Crippen LogP contribution in [0.1, 0.15) is 12.8 Å². The van der Waals surface area contributed by atoms with Gasteiger partial charge in [-0.25, -0.2) is 4.62 Å². The largest absolute Gasteiger partial charge is 0.274 e. The van der Waals surface area contributed by atoms with Gasteiger partial charge in [-0.3, -0.25) is 11.0 Å². The zero-order valence-corrected chi connectivity index (χ0v) is 6.18. The maximum absolute atomic E-state index is 5.25. The van der Waals surface area contributed by atoms with Crippen molar-refractivity contribution in [1.29, 1.82) is 0 Å². The Morgan fingerprint density at radius 3 is 2.22 bits per heavy atom. The van der Waals surface area contributed by atoms with E-state index in [1.54, 1.807) is 0 Å². The van der Waals surface area contributed by atoms with Crippen molar-refractivity contribution < 1.29 is 4.62 Å². The summed E-state index contributed by atoms with van der Waals surface area (Å²) in [6, 6.07) is 0. The molecule has 1 saturated heterocycles. The molecule has 4 N–H and O–H groups in total. The Morgan fingerprint density at radius 1 is 1.22 bits per heavy atom. The summed E-state index contributed by atoms with van der Waals surface area (Å²) < 4.78 is 5.06. The summed E-state index contributed by atoms with van der Waals surface area (Å²) in [5.74, 6) is 0. The molecule has 0 unspecified atom stereocenters. The van der Waals surface area contributed by atoms with Gasteiger partial charge >= 0.3 is 0 Å². The van der Waals surface area contributed by atoms with Gasteiger partial charge in [0.15, 0.2) is 8.45 Å². The molecule has 4 nitrogen and oxygen atoms in total. The van der Waals surface area contributed by atoms with Gasteiger partial charge in [0.1, 0.15) is 0 Å². The Balaban J connectivity index is 2.11. The van der Waals surface area contributed by atoms with Crippen molar-refractivity contribution in [2.75, 3.05) is 13.1 Å². The molecule has 0 spiro atoms. The van der Waals surface area contributed by atoms with Gasteiger partial charge in [-0.2, -0.15) is 5.06 Å². The predicted molar refractivity (Wildman–Crippen MR) is 37.2 cm³/mol. The first-order valence-electron chi connectivity index (χ1n) is 3.01. The van der Waals surface area contributed by atoms with Crippen LogP contribution in [-0.2, 0) is 4.62 Å². The van der Waals surface area contributed by atoms with Crippen molar-refractivity contribution in [3.05, 3.63) is 0 Å². The van der Waals surface area contributed by atoms with Crippen LogP contribution >= 0.6 is 8.45 Å². The van der Waals surface area contributed by atoms with E-state index in [1.165, 1.54) is 12.8 Å². The second-order valence-electron chi connectivity index (χ2n) is 2.08. The van der Waals surface area contributed by atoms with Crippen LogP contribution in [0.3, 0.4) is 0 Å². The van der Waals surface area contributed by atoms with E-state index < -0.39 is 8.45 Å². The van der Waals surface area contributed by atoms with Crippen LogP contribution in [-0.4, -0.2) is 18.2 Å². The fraction of sp³-hybridized carbons (Fsp3) is 1.00. The van der Waals surface area contributed by atoms with Gasteiger partial charge in [0.2, 0.25) is 0 Å². The van der Waals surface area contributed by atoms with Crippen molar-refractivity contribution in [2.45, 2.75) is 12.8 Å². The monoisotopic (exact) mass is 149 g/mol. The maximum Gasteiger partial charge on any atom is 0.197 e. The van der Waals surface area contributed by atoms with Crippen molar-refractivity contribution in [3.63, 3.8) is 0 Å². The molecular weight excluding hydrogens is 137 g/mol. The van der Waals surface area contributed by atoms with Crippen molar-refractivity contribution in [3.8, 4) is 0 Å². The zero-order valence-electron chi connectivity index (χ0n) is 5.29. The minimum Gasteiger partial charge on any atom is -0.274 e. The third-order valence-corrected chi connectivity index (χ3v) is 1.69. The molecule has 0 saturated carbocycles. The Kier molecular flexibility index (Phi) is 2.82. The molecule has 1 aliphatic heterocycles. The van der Waals surface area contributed by atoms with Gasteiger partial charge < -0.3 is 0 Å². The van der Waals surface area contributed by atoms with Gasteiger partial charge in [-0.05, 0) is 12.8 Å². The third kappa shape index (κ3) is 2.56. The molecular formula is C4H12N3OP. The molecule has 0 atom stereocenters. The summed E-state index contributed by atoms with van der Waals surface area (Å²) in [6.45, 7) is 1.96. The molecule has 1 fully saturated rings. The molecule has 54 valence electrons. The molecule has 1 aliphatic rings. The summed E-state index contributed by atoms with van der Waals surface area (Å²) in [5.41, 5.74) is 10.5. The maximum atomic E-state index is 5.25. The summed E-state index contributed by atoms with van der Waals surface area (Å²) in [5, 5.41) is 1.84. The van der Waals surface area contributed by atoms with Crippen LogP contribution in [0.15, 0.2) is 0 Å². The molecule has 0 radical (unpaired) electrons. The number of hydroxylamine groups is 2. The normalized spacial score (nSPS) is 21.7. The van der Waals surface area contributed by atoms with E-state index in [9.17, 15) is 0 Å². The van der Waals surface area contributed by atoms with E-state index in [0.29, 0.717) is 0 Å². The molecule has 1 rings (SSSR count). The second kappa shape index (κ2) is 3.44. The lowest BCUT2D eigenvalue weighted by Gasteiger charge is -2.15. The van der Waals surface area contributed by atoms with Crippen molar-refractivity contribution in [2.24, 2.45) is 11.0 Å². The summed E-state index contributed by atoms with van der Waals surface area (Å²) in [6.07, 6.45) is 2.40. The second-order valence-corrected chi connectivity index (χ2v) is 2.96. The van der Waals surface area contributed by atoms with Crippen LogP contribution in [0, 0.1) is 0 Å². The number of hydrogen-bond donors (Lipinski definition) is 2. The average molecular weight is 149 g/mol. The fourth-order valence-electron chi connectivity index (χ4n) is 0.903. The lowest BCUT2D eigenvalue weighted by atomic mass is 10.4. The smallest absolute Gasteiger partial charge is 0.197 e. The lowest BCUT2D eigenvalue weighted by Crippen LogP contribution is -2.20. The van der Waals surface area contributed by atoms with Crippen LogP contribution in [0.2, 0.25) is 0 Å². The minimum absolute atomic E-state index is 0.979. The van der Waals surface area contributed by atoms with Gasteiger partial charge in [-0.15, -0.1) is 0 Å². The number of nitrogens with zero attached hydrogens (tertiary/aromatic N) is 1. The molecule has 0 aliphatic carbocycles. The van der Waals surface area contributed by atoms with Crippen LogP contribution in [0.25, 0.3) is 0 Å². The molecule has 0 aromatic rings. The van der Waals surface area contributed by atoms with E-state index >= 15 is 0 Å². The first-order valence-corrected chi connectivity index (χ1v) is 4.41. The first-order chi connectivity index (χ1) is 4.29. The van der Waals surface area contributed by atoms with E-state index in [2.05, 4.69) is 0 Å². The molecule has 9 heavy (non-hydrogen) atoms. The predicted octanol–water partition coefficient (Wildman–Crippen LogP) is 0.158. The van der Waals surface area contributed by atoms with Crippen LogP contribution < -0.4 is 11.0 Å².